The molecule has 0 radical (unpaired) electrons. The van der Waals surface area contributed by atoms with Crippen molar-refractivity contribution in [2.45, 2.75) is 37.4 Å². The van der Waals surface area contributed by atoms with Crippen LogP contribution >= 0.6 is 11.6 Å². The van der Waals surface area contributed by atoms with E-state index < -0.39 is 24.6 Å². The van der Waals surface area contributed by atoms with E-state index in [2.05, 4.69) is 10.5 Å². The Morgan fingerprint density at radius 1 is 1.00 bits per heavy atom. The Morgan fingerprint density at radius 3 is 2.33 bits per heavy atom. The molecule has 36 heavy (non-hydrogen) atoms. The van der Waals surface area contributed by atoms with Crippen LogP contribution in [0.15, 0.2) is 90.1 Å². The Hall–Kier alpha value is -3.17. The highest BCUT2D eigenvalue weighted by Crippen LogP contribution is 2.29. The minimum absolute atomic E-state index is 0.187. The SMILES string of the molecule is O=C(N[C@@H](Cc1ccccc1)B(O)O)C1(Cc2ccccc2)CC(COCc2cccc(Cl)c2)=NO1. The third-order valence-electron chi connectivity index (χ3n) is 5.99. The van der Waals surface area contributed by atoms with Gasteiger partial charge in [-0.25, -0.2) is 0 Å². The lowest BCUT2D eigenvalue weighted by atomic mass is 9.75. The Kier molecular flexibility index (Phi) is 8.77. The highest BCUT2D eigenvalue weighted by atomic mass is 35.5. The van der Waals surface area contributed by atoms with Crippen molar-refractivity contribution in [3.8, 4) is 0 Å². The van der Waals surface area contributed by atoms with Crippen LogP contribution in [-0.4, -0.2) is 46.9 Å². The molecule has 186 valence electrons. The largest absolute Gasteiger partial charge is 0.475 e. The van der Waals surface area contributed by atoms with Gasteiger partial charge in [-0.15, -0.1) is 0 Å². The summed E-state index contributed by atoms with van der Waals surface area (Å²) in [6.07, 6.45) is 0.728. The van der Waals surface area contributed by atoms with Gasteiger partial charge < -0.3 is 24.9 Å². The summed E-state index contributed by atoms with van der Waals surface area (Å²) in [6, 6.07) is 26.2. The summed E-state index contributed by atoms with van der Waals surface area (Å²) in [5.41, 5.74) is 1.95. The number of hydrogen-bond donors (Lipinski definition) is 3. The van der Waals surface area contributed by atoms with Crippen molar-refractivity contribution < 1.29 is 24.4 Å². The molecule has 0 spiro atoms. The average molecular weight is 507 g/mol. The van der Waals surface area contributed by atoms with E-state index in [4.69, 9.17) is 21.2 Å². The fraction of sp³-hybridized carbons (Fsp3) is 0.259. The maximum absolute atomic E-state index is 13.6. The molecular weight excluding hydrogens is 479 g/mol. The minimum Gasteiger partial charge on any atom is -0.426 e. The van der Waals surface area contributed by atoms with Gasteiger partial charge >= 0.3 is 7.12 Å². The highest BCUT2D eigenvalue weighted by Gasteiger charge is 2.48. The zero-order chi connectivity index (χ0) is 25.4. The minimum atomic E-state index is -1.74. The molecule has 3 aromatic rings. The summed E-state index contributed by atoms with van der Waals surface area (Å²) in [5.74, 6) is -1.38. The van der Waals surface area contributed by atoms with E-state index in [-0.39, 0.29) is 25.9 Å². The summed E-state index contributed by atoms with van der Waals surface area (Å²) in [6.45, 7) is 0.527. The monoisotopic (exact) mass is 506 g/mol. The lowest BCUT2D eigenvalue weighted by Gasteiger charge is -2.28. The highest BCUT2D eigenvalue weighted by molar-refractivity contribution is 6.43. The fourth-order valence-electron chi connectivity index (χ4n) is 4.16. The van der Waals surface area contributed by atoms with Crippen molar-refractivity contribution >= 4 is 30.3 Å². The summed E-state index contributed by atoms with van der Waals surface area (Å²) in [5, 5.41) is 27.5. The number of benzene rings is 3. The first kappa shape index (κ1) is 25.9. The molecule has 7 nitrogen and oxygen atoms in total. The lowest BCUT2D eigenvalue weighted by molar-refractivity contribution is -0.144. The predicted molar refractivity (Wildman–Crippen MR) is 139 cm³/mol. The van der Waals surface area contributed by atoms with Crippen LogP contribution in [0.25, 0.3) is 0 Å². The quantitative estimate of drug-likeness (QED) is 0.346. The molecule has 3 N–H and O–H groups in total. The molecule has 0 aliphatic carbocycles. The van der Waals surface area contributed by atoms with Gasteiger partial charge in [-0.3, -0.25) is 4.79 Å². The Balaban J connectivity index is 1.45. The van der Waals surface area contributed by atoms with Crippen molar-refractivity contribution in [1.29, 1.82) is 0 Å². The third kappa shape index (κ3) is 6.95. The number of ether oxygens (including phenoxy) is 1. The van der Waals surface area contributed by atoms with Crippen LogP contribution in [-0.2, 0) is 33.8 Å². The number of amides is 1. The fourth-order valence-corrected chi connectivity index (χ4v) is 4.37. The molecule has 1 unspecified atom stereocenters. The van der Waals surface area contributed by atoms with Crippen LogP contribution in [0.1, 0.15) is 23.1 Å². The molecule has 1 amide bonds. The molecule has 3 aromatic carbocycles. The second kappa shape index (κ2) is 12.2. The second-order valence-electron chi connectivity index (χ2n) is 8.89. The first-order valence-corrected chi connectivity index (χ1v) is 12.1. The van der Waals surface area contributed by atoms with Crippen LogP contribution in [0.2, 0.25) is 5.02 Å². The number of nitrogens with zero attached hydrogens (tertiary/aromatic N) is 1. The number of hydrogen-bond acceptors (Lipinski definition) is 6. The summed E-state index contributed by atoms with van der Waals surface area (Å²) >= 11 is 6.04. The maximum Gasteiger partial charge on any atom is 0.475 e. The average Bonchev–Trinajstić information content (AvgIpc) is 3.29. The number of nitrogens with one attached hydrogen (secondary N) is 1. The Labute approximate surface area is 215 Å². The van der Waals surface area contributed by atoms with Crippen LogP contribution in [0.5, 0.6) is 0 Å². The molecular formula is C27H28BClN2O5. The molecule has 0 saturated heterocycles. The zero-order valence-electron chi connectivity index (χ0n) is 19.7. The van der Waals surface area contributed by atoms with Crippen LogP contribution in [0, 0.1) is 0 Å². The number of carbonyl (C=O) groups is 1. The second-order valence-corrected chi connectivity index (χ2v) is 9.32. The first-order chi connectivity index (χ1) is 17.4. The number of rotatable bonds is 11. The van der Waals surface area contributed by atoms with E-state index in [9.17, 15) is 14.8 Å². The van der Waals surface area contributed by atoms with Gasteiger partial charge in [0.25, 0.3) is 5.91 Å². The maximum atomic E-state index is 13.6. The first-order valence-electron chi connectivity index (χ1n) is 11.7. The Bertz CT molecular complexity index is 1180. The predicted octanol–water partition coefficient (Wildman–Crippen LogP) is 3.35. The van der Waals surface area contributed by atoms with E-state index in [1.807, 2.05) is 78.9 Å². The van der Waals surface area contributed by atoms with E-state index >= 15 is 0 Å². The molecule has 4 rings (SSSR count). The number of carbonyl (C=O) groups excluding carboxylic acids is 1. The molecule has 0 aromatic heterocycles. The van der Waals surface area contributed by atoms with Crippen molar-refractivity contribution in [1.82, 2.24) is 5.32 Å². The smallest absolute Gasteiger partial charge is 0.426 e. The van der Waals surface area contributed by atoms with Crippen LogP contribution in [0.4, 0.5) is 0 Å². The zero-order valence-corrected chi connectivity index (χ0v) is 20.5. The van der Waals surface area contributed by atoms with Crippen LogP contribution < -0.4 is 5.32 Å². The normalized spacial score (nSPS) is 17.7. The molecule has 9 heteroatoms. The molecule has 0 fully saturated rings. The molecule has 1 aliphatic rings. The Morgan fingerprint density at radius 2 is 1.67 bits per heavy atom. The van der Waals surface area contributed by atoms with E-state index in [1.165, 1.54) is 0 Å². The molecule has 0 saturated carbocycles. The summed E-state index contributed by atoms with van der Waals surface area (Å²) in [4.78, 5) is 19.4. The van der Waals surface area contributed by atoms with Gasteiger partial charge in [0, 0.05) is 17.9 Å². The molecule has 2 atom stereocenters. The van der Waals surface area contributed by atoms with Gasteiger partial charge in [0.2, 0.25) is 5.60 Å². The lowest BCUT2D eigenvalue weighted by Crippen LogP contribution is -2.56. The van der Waals surface area contributed by atoms with E-state index in [0.29, 0.717) is 17.3 Å². The van der Waals surface area contributed by atoms with Gasteiger partial charge in [-0.1, -0.05) is 89.6 Å². The van der Waals surface area contributed by atoms with Crippen molar-refractivity contribution in [2.75, 3.05) is 6.61 Å². The van der Waals surface area contributed by atoms with Crippen LogP contribution in [0.3, 0.4) is 0 Å². The molecule has 1 heterocycles. The summed E-state index contributed by atoms with van der Waals surface area (Å²) in [7, 11) is -1.74. The van der Waals surface area contributed by atoms with E-state index in [0.717, 1.165) is 16.7 Å². The van der Waals surface area contributed by atoms with Gasteiger partial charge in [0.15, 0.2) is 0 Å². The van der Waals surface area contributed by atoms with Crippen molar-refractivity contribution in [3.05, 3.63) is 107 Å². The number of oxime groups is 1. The molecule has 1 aliphatic heterocycles. The van der Waals surface area contributed by atoms with Gasteiger partial charge in [0.1, 0.15) is 0 Å². The van der Waals surface area contributed by atoms with Gasteiger partial charge in [-0.05, 0) is 35.2 Å². The molecule has 0 bridgehead atoms. The standard InChI is InChI=1S/C27H28BClN2O5/c29-23-13-7-12-22(14-23)18-35-19-24-17-27(36-31-24,16-21-10-5-2-6-11-21)26(32)30-25(28(33)34)15-20-8-3-1-4-9-20/h1-14,25,33-34H,15-19H2,(H,30,32)/t25-,27?/m0/s1. The topological polar surface area (TPSA) is 100 Å². The number of halogens is 1. The van der Waals surface area contributed by atoms with E-state index in [1.54, 1.807) is 6.07 Å². The summed E-state index contributed by atoms with van der Waals surface area (Å²) < 4.78 is 5.80. The van der Waals surface area contributed by atoms with Crippen molar-refractivity contribution in [2.24, 2.45) is 5.16 Å². The third-order valence-corrected chi connectivity index (χ3v) is 6.22. The van der Waals surface area contributed by atoms with Crippen molar-refractivity contribution in [3.63, 3.8) is 0 Å². The van der Waals surface area contributed by atoms with Gasteiger partial charge in [-0.2, -0.15) is 0 Å². The van der Waals surface area contributed by atoms with Gasteiger partial charge in [0.05, 0.1) is 24.9 Å².